The van der Waals surface area contributed by atoms with Gasteiger partial charge in [-0.2, -0.15) is 0 Å². The average molecular weight is 640 g/mol. The molecule has 4 rings (SSSR count). The lowest BCUT2D eigenvalue weighted by Gasteiger charge is -2.13. The van der Waals surface area contributed by atoms with Crippen LogP contribution in [0.5, 0.6) is 11.5 Å². The molecule has 0 bridgehead atoms. The van der Waals surface area contributed by atoms with Gasteiger partial charge in [-0.3, -0.25) is 14.5 Å². The van der Waals surface area contributed by atoms with Crippen molar-refractivity contribution >= 4 is 80.7 Å². The number of carbonyl (C=O) groups is 3. The number of amides is 2. The first-order chi connectivity index (χ1) is 16.8. The molecule has 0 aliphatic carbocycles. The van der Waals surface area contributed by atoms with Crippen LogP contribution in [0.3, 0.4) is 0 Å². The summed E-state index contributed by atoms with van der Waals surface area (Å²) >= 11 is 14.9. The van der Waals surface area contributed by atoms with Gasteiger partial charge in [0.15, 0.2) is 11.5 Å². The first kappa shape index (κ1) is 25.6. The first-order valence-corrected chi connectivity index (χ1v) is 12.8. The van der Waals surface area contributed by atoms with E-state index in [0.717, 1.165) is 20.2 Å². The Balaban J connectivity index is 1.52. The quantitative estimate of drug-likeness (QED) is 0.124. The zero-order valence-electron chi connectivity index (χ0n) is 18.1. The predicted octanol–water partition coefficient (Wildman–Crippen LogP) is 7.06. The molecule has 1 fully saturated rings. The van der Waals surface area contributed by atoms with Crippen molar-refractivity contribution in [3.8, 4) is 11.5 Å². The van der Waals surface area contributed by atoms with Crippen LogP contribution in [0.15, 0.2) is 65.6 Å². The third-order valence-corrected chi connectivity index (χ3v) is 7.57. The molecule has 1 aliphatic rings. The van der Waals surface area contributed by atoms with Crippen molar-refractivity contribution in [2.24, 2.45) is 0 Å². The number of benzene rings is 3. The lowest BCUT2D eigenvalue weighted by atomic mass is 10.1. The van der Waals surface area contributed by atoms with Crippen LogP contribution >= 0.6 is 57.6 Å². The molecule has 10 heteroatoms. The van der Waals surface area contributed by atoms with Gasteiger partial charge in [-0.05, 0) is 88.0 Å². The summed E-state index contributed by atoms with van der Waals surface area (Å²) in [5.74, 6) is -0.376. The topological polar surface area (TPSA) is 72.9 Å². The standard InChI is InChI=1S/C25H16Cl2INO5S/c1-33-21-11-14(7-9-20(21)34-24(31)16-4-2-3-5-19(16)28)12-22-23(30)29(25(32)35-22)13-15-6-8-17(26)18(27)10-15/h2-12H,13H2,1H3/b22-12-. The Labute approximate surface area is 229 Å². The molecule has 0 radical (unpaired) electrons. The number of halogens is 3. The molecular formula is C25H16Cl2INO5S. The van der Waals surface area contributed by atoms with Crippen molar-refractivity contribution in [2.75, 3.05) is 7.11 Å². The fourth-order valence-corrected chi connectivity index (χ4v) is 5.01. The van der Waals surface area contributed by atoms with E-state index >= 15 is 0 Å². The van der Waals surface area contributed by atoms with E-state index in [1.807, 2.05) is 12.1 Å². The molecule has 0 N–H and O–H groups in total. The van der Waals surface area contributed by atoms with E-state index in [9.17, 15) is 14.4 Å². The molecule has 3 aromatic rings. The number of rotatable bonds is 6. The number of esters is 1. The molecule has 3 aromatic carbocycles. The summed E-state index contributed by atoms with van der Waals surface area (Å²) in [5.41, 5.74) is 1.73. The Kier molecular flexibility index (Phi) is 8.05. The van der Waals surface area contributed by atoms with Crippen molar-refractivity contribution < 1.29 is 23.9 Å². The summed E-state index contributed by atoms with van der Waals surface area (Å²) in [6.07, 6.45) is 1.59. The number of nitrogens with zero attached hydrogens (tertiary/aromatic N) is 1. The Morgan fingerprint density at radius 3 is 2.51 bits per heavy atom. The van der Waals surface area contributed by atoms with Crippen LogP contribution in [0, 0.1) is 3.57 Å². The highest BCUT2D eigenvalue weighted by molar-refractivity contribution is 14.1. The van der Waals surface area contributed by atoms with Gasteiger partial charge in [-0.15, -0.1) is 0 Å². The molecule has 2 amide bonds. The Morgan fingerprint density at radius 2 is 1.80 bits per heavy atom. The largest absolute Gasteiger partial charge is 0.493 e. The fraction of sp³-hybridized carbons (Fsp3) is 0.0800. The second-order valence-electron chi connectivity index (χ2n) is 7.30. The lowest BCUT2D eigenvalue weighted by molar-refractivity contribution is -0.123. The number of imide groups is 1. The Hall–Kier alpha value is -2.53. The normalized spacial score (nSPS) is 14.5. The van der Waals surface area contributed by atoms with Crippen LogP contribution in [0.1, 0.15) is 21.5 Å². The third kappa shape index (κ3) is 5.83. The fourth-order valence-electron chi connectivity index (χ4n) is 3.25. The maximum Gasteiger partial charge on any atom is 0.344 e. The van der Waals surface area contributed by atoms with Crippen LogP contribution in [-0.2, 0) is 11.3 Å². The summed E-state index contributed by atoms with van der Waals surface area (Å²) in [7, 11) is 1.45. The average Bonchev–Trinajstić information content (AvgIpc) is 3.09. The van der Waals surface area contributed by atoms with Gasteiger partial charge in [-0.25, -0.2) is 4.79 Å². The minimum absolute atomic E-state index is 0.0788. The van der Waals surface area contributed by atoms with E-state index in [-0.39, 0.29) is 22.4 Å². The van der Waals surface area contributed by atoms with Crippen LogP contribution in [-0.4, -0.2) is 29.1 Å². The van der Waals surface area contributed by atoms with Gasteiger partial charge < -0.3 is 9.47 Å². The maximum atomic E-state index is 12.9. The van der Waals surface area contributed by atoms with Gasteiger partial charge >= 0.3 is 5.97 Å². The monoisotopic (exact) mass is 639 g/mol. The molecule has 0 spiro atoms. The minimum Gasteiger partial charge on any atom is -0.493 e. The molecule has 0 atom stereocenters. The molecule has 6 nitrogen and oxygen atoms in total. The number of thioether (sulfide) groups is 1. The van der Waals surface area contributed by atoms with E-state index in [2.05, 4.69) is 22.6 Å². The zero-order valence-corrected chi connectivity index (χ0v) is 22.6. The Bertz CT molecular complexity index is 1380. The van der Waals surface area contributed by atoms with Gasteiger partial charge in [0.05, 0.1) is 34.2 Å². The van der Waals surface area contributed by atoms with Crippen molar-refractivity contribution in [3.63, 3.8) is 0 Å². The summed E-state index contributed by atoms with van der Waals surface area (Å²) in [6.45, 7) is 0.0788. The summed E-state index contributed by atoms with van der Waals surface area (Å²) in [6, 6.07) is 16.9. The highest BCUT2D eigenvalue weighted by Gasteiger charge is 2.35. The number of hydrogen-bond acceptors (Lipinski definition) is 6. The molecule has 0 unspecified atom stereocenters. The van der Waals surface area contributed by atoms with Crippen LogP contribution in [0.25, 0.3) is 6.08 Å². The molecular weight excluding hydrogens is 624 g/mol. The summed E-state index contributed by atoms with van der Waals surface area (Å²) in [4.78, 5) is 39.4. The molecule has 0 saturated carbocycles. The number of hydrogen-bond donors (Lipinski definition) is 0. The lowest BCUT2D eigenvalue weighted by Crippen LogP contribution is -2.27. The van der Waals surface area contributed by atoms with Gasteiger partial charge in [0.2, 0.25) is 0 Å². The van der Waals surface area contributed by atoms with Crippen molar-refractivity contribution in [2.45, 2.75) is 6.54 Å². The van der Waals surface area contributed by atoms with E-state index in [1.54, 1.807) is 54.6 Å². The van der Waals surface area contributed by atoms with E-state index in [4.69, 9.17) is 32.7 Å². The highest BCUT2D eigenvalue weighted by atomic mass is 127. The minimum atomic E-state index is -0.510. The Morgan fingerprint density at radius 1 is 1.03 bits per heavy atom. The molecule has 1 aliphatic heterocycles. The van der Waals surface area contributed by atoms with Gasteiger partial charge in [-0.1, -0.05) is 47.5 Å². The number of ether oxygens (including phenoxy) is 2. The molecule has 1 saturated heterocycles. The highest BCUT2D eigenvalue weighted by Crippen LogP contribution is 2.36. The zero-order chi connectivity index (χ0) is 25.1. The second-order valence-corrected chi connectivity index (χ2v) is 10.3. The molecule has 35 heavy (non-hydrogen) atoms. The summed E-state index contributed by atoms with van der Waals surface area (Å²) < 4.78 is 11.7. The predicted molar refractivity (Wildman–Crippen MR) is 145 cm³/mol. The first-order valence-electron chi connectivity index (χ1n) is 10.1. The maximum absolute atomic E-state index is 12.9. The van der Waals surface area contributed by atoms with E-state index in [1.165, 1.54) is 7.11 Å². The number of carbonyl (C=O) groups excluding carboxylic acids is 3. The van der Waals surface area contributed by atoms with Crippen molar-refractivity contribution in [3.05, 3.63) is 95.9 Å². The number of methoxy groups -OCH3 is 1. The van der Waals surface area contributed by atoms with Crippen LogP contribution in [0.4, 0.5) is 4.79 Å². The van der Waals surface area contributed by atoms with Gasteiger partial charge in [0.25, 0.3) is 11.1 Å². The SMILES string of the molecule is COc1cc(/C=C2\SC(=O)N(Cc3ccc(Cl)c(Cl)c3)C2=O)ccc1OC(=O)c1ccccc1I. The van der Waals surface area contributed by atoms with Gasteiger partial charge in [0, 0.05) is 3.57 Å². The molecule has 0 aromatic heterocycles. The van der Waals surface area contributed by atoms with Crippen LogP contribution in [0.2, 0.25) is 10.0 Å². The molecule has 1 heterocycles. The van der Waals surface area contributed by atoms with Gasteiger partial charge in [0.1, 0.15) is 0 Å². The smallest absolute Gasteiger partial charge is 0.344 e. The van der Waals surface area contributed by atoms with Crippen molar-refractivity contribution in [1.82, 2.24) is 4.90 Å². The van der Waals surface area contributed by atoms with E-state index in [0.29, 0.717) is 32.5 Å². The molecule has 178 valence electrons. The summed E-state index contributed by atoms with van der Waals surface area (Å²) in [5, 5.41) is 0.356. The second kappa shape index (κ2) is 11.0. The van der Waals surface area contributed by atoms with Crippen molar-refractivity contribution in [1.29, 1.82) is 0 Å². The van der Waals surface area contributed by atoms with Crippen LogP contribution < -0.4 is 9.47 Å². The van der Waals surface area contributed by atoms with E-state index < -0.39 is 11.9 Å². The third-order valence-electron chi connectivity index (χ3n) is 4.98.